The van der Waals surface area contributed by atoms with Crippen molar-refractivity contribution in [2.24, 2.45) is 0 Å². The van der Waals surface area contributed by atoms with E-state index in [-0.39, 0.29) is 51.4 Å². The van der Waals surface area contributed by atoms with Crippen LogP contribution in [0.4, 0.5) is 0 Å². The third-order valence-corrected chi connectivity index (χ3v) is 1.84. The van der Waals surface area contributed by atoms with Gasteiger partial charge in [-0.25, -0.2) is 0 Å². The maximum Gasteiger partial charge on any atom is 1.00 e. The molecular weight excluding hydrogens is 199 g/mol. The molecule has 1 aliphatic rings. The van der Waals surface area contributed by atoms with Crippen LogP contribution in [0.25, 0.3) is 0 Å². The summed E-state index contributed by atoms with van der Waals surface area (Å²) in [5, 5.41) is 19.9. The van der Waals surface area contributed by atoms with Gasteiger partial charge in [0, 0.05) is 7.11 Å². The Morgan fingerprint density at radius 3 is 2.54 bits per heavy atom. The van der Waals surface area contributed by atoms with Crippen LogP contribution in [0, 0.1) is 0 Å². The summed E-state index contributed by atoms with van der Waals surface area (Å²) in [7, 11) is 1.21. The van der Waals surface area contributed by atoms with Gasteiger partial charge in [-0.3, -0.25) is 0 Å². The third-order valence-electron chi connectivity index (χ3n) is 1.84. The Morgan fingerprint density at radius 1 is 1.62 bits per heavy atom. The number of rotatable bonds is 2. The first kappa shape index (κ1) is 13.5. The van der Waals surface area contributed by atoms with Gasteiger partial charge in [0.1, 0.15) is 6.10 Å². The summed E-state index contributed by atoms with van der Waals surface area (Å²) >= 11 is 0. The molecule has 2 atom stereocenters. The summed E-state index contributed by atoms with van der Waals surface area (Å²) in [6, 6.07) is 0. The van der Waals surface area contributed by atoms with Gasteiger partial charge in [-0.1, -0.05) is 18.2 Å². The van der Waals surface area contributed by atoms with Crippen LogP contribution >= 0.6 is 0 Å². The molecule has 0 radical (unpaired) electrons. The molecule has 4 nitrogen and oxygen atoms in total. The van der Waals surface area contributed by atoms with Crippen molar-refractivity contribution >= 4 is 5.97 Å². The van der Waals surface area contributed by atoms with E-state index in [1.165, 1.54) is 25.3 Å². The monoisotopic (exact) mass is 208 g/mol. The fraction of sp³-hybridized carbons (Fsp3) is 0.375. The zero-order valence-electron chi connectivity index (χ0n) is 7.56. The Morgan fingerprint density at radius 2 is 2.23 bits per heavy atom. The van der Waals surface area contributed by atoms with Crippen molar-refractivity contribution in [3.8, 4) is 0 Å². The first-order chi connectivity index (χ1) is 5.63. The van der Waals surface area contributed by atoms with E-state index in [4.69, 9.17) is 4.74 Å². The topological polar surface area (TPSA) is 69.6 Å². The van der Waals surface area contributed by atoms with Gasteiger partial charge in [-0.2, -0.15) is 0 Å². The van der Waals surface area contributed by atoms with Crippen LogP contribution in [0.5, 0.6) is 0 Å². The van der Waals surface area contributed by atoms with Gasteiger partial charge >= 0.3 is 51.4 Å². The number of aliphatic carboxylic acids is 1. The molecule has 0 aromatic carbocycles. The second kappa shape index (κ2) is 5.40. The molecule has 1 aliphatic carbocycles. The largest absolute Gasteiger partial charge is 1.00 e. The van der Waals surface area contributed by atoms with Crippen LogP contribution in [0.15, 0.2) is 24.3 Å². The molecule has 0 heterocycles. The van der Waals surface area contributed by atoms with E-state index < -0.39 is 17.7 Å². The molecule has 0 aliphatic heterocycles. The second-order valence-corrected chi connectivity index (χ2v) is 2.47. The SMILES string of the molecule is COC1(C(=O)[O-])C=CC=CC1O.[K+]. The summed E-state index contributed by atoms with van der Waals surface area (Å²) < 4.78 is 4.70. The Labute approximate surface area is 119 Å². The minimum Gasteiger partial charge on any atom is -0.547 e. The van der Waals surface area contributed by atoms with Gasteiger partial charge in [-0.05, 0) is 6.08 Å². The Bertz CT molecular complexity index is 249. The van der Waals surface area contributed by atoms with Gasteiger partial charge in [0.2, 0.25) is 0 Å². The van der Waals surface area contributed by atoms with Gasteiger partial charge in [0.05, 0.1) is 5.97 Å². The number of carboxylic acid groups (broad SMARTS) is 1. The van der Waals surface area contributed by atoms with Crippen LogP contribution in [0.2, 0.25) is 0 Å². The van der Waals surface area contributed by atoms with Crippen molar-refractivity contribution in [2.75, 3.05) is 7.11 Å². The number of ether oxygens (including phenoxy) is 1. The molecule has 0 amide bonds. The molecular formula is C8H9KO4. The smallest absolute Gasteiger partial charge is 0.547 e. The molecule has 1 rings (SSSR count). The Kier molecular flexibility index (Phi) is 5.61. The quantitative estimate of drug-likeness (QED) is 0.465. The van der Waals surface area contributed by atoms with E-state index in [0.717, 1.165) is 0 Å². The third kappa shape index (κ3) is 2.50. The van der Waals surface area contributed by atoms with Gasteiger partial charge < -0.3 is 19.7 Å². The number of aliphatic hydroxyl groups excluding tert-OH is 1. The molecule has 2 unspecified atom stereocenters. The molecule has 0 bridgehead atoms. The normalized spacial score (nSPS) is 31.1. The van der Waals surface area contributed by atoms with Crippen LogP contribution in [-0.2, 0) is 9.53 Å². The number of aliphatic hydroxyl groups is 1. The summed E-state index contributed by atoms with van der Waals surface area (Å²) in [4.78, 5) is 10.6. The van der Waals surface area contributed by atoms with Gasteiger partial charge in [-0.15, -0.1) is 0 Å². The molecule has 0 fully saturated rings. The number of allylic oxidation sites excluding steroid dienone is 2. The van der Waals surface area contributed by atoms with Crippen LogP contribution in [0.3, 0.4) is 0 Å². The molecule has 0 saturated carbocycles. The number of carboxylic acids is 1. The van der Waals surface area contributed by atoms with Crippen LogP contribution in [-0.4, -0.2) is 29.9 Å². The van der Waals surface area contributed by atoms with Crippen molar-refractivity contribution in [2.45, 2.75) is 11.7 Å². The summed E-state index contributed by atoms with van der Waals surface area (Å²) in [6.07, 6.45) is 4.43. The molecule has 1 N–H and O–H groups in total. The summed E-state index contributed by atoms with van der Waals surface area (Å²) in [6.45, 7) is 0. The number of carbonyl (C=O) groups excluding carboxylic acids is 1. The molecule has 0 aromatic rings. The summed E-state index contributed by atoms with van der Waals surface area (Å²) in [5.41, 5.74) is -1.73. The minimum atomic E-state index is -1.73. The molecule has 13 heavy (non-hydrogen) atoms. The zero-order valence-corrected chi connectivity index (χ0v) is 10.7. The average molecular weight is 208 g/mol. The van der Waals surface area contributed by atoms with Crippen LogP contribution < -0.4 is 56.5 Å². The van der Waals surface area contributed by atoms with Crippen molar-refractivity contribution < 1.29 is 71.1 Å². The number of methoxy groups -OCH3 is 1. The summed E-state index contributed by atoms with van der Waals surface area (Å²) in [5.74, 6) is -1.45. The Balaban J connectivity index is 0.00000144. The van der Waals surface area contributed by atoms with E-state index in [1.54, 1.807) is 6.08 Å². The van der Waals surface area contributed by atoms with Crippen molar-refractivity contribution in [3.05, 3.63) is 24.3 Å². The predicted octanol–water partition coefficient (Wildman–Crippen LogP) is -4.39. The van der Waals surface area contributed by atoms with E-state index in [1.807, 2.05) is 0 Å². The van der Waals surface area contributed by atoms with E-state index in [0.29, 0.717) is 0 Å². The van der Waals surface area contributed by atoms with Gasteiger partial charge in [0.15, 0.2) is 5.60 Å². The first-order valence-electron chi connectivity index (χ1n) is 3.44. The van der Waals surface area contributed by atoms with Crippen molar-refractivity contribution in [1.82, 2.24) is 0 Å². The molecule has 0 saturated heterocycles. The molecule has 5 heteroatoms. The standard InChI is InChI=1S/C8H10O4.K/c1-12-8(7(10)11)5-3-2-4-6(8)9;/h2-6,9H,1H3,(H,10,11);/q;+1/p-1. The number of carbonyl (C=O) groups is 1. The van der Waals surface area contributed by atoms with Crippen molar-refractivity contribution in [1.29, 1.82) is 0 Å². The van der Waals surface area contributed by atoms with E-state index >= 15 is 0 Å². The molecule has 0 aromatic heterocycles. The predicted molar refractivity (Wildman–Crippen MR) is 39.0 cm³/mol. The average Bonchev–Trinajstić information content (AvgIpc) is 2.05. The van der Waals surface area contributed by atoms with E-state index in [2.05, 4.69) is 0 Å². The first-order valence-corrected chi connectivity index (χ1v) is 3.44. The zero-order chi connectivity index (χ0) is 9.19. The fourth-order valence-corrected chi connectivity index (χ4v) is 1.07. The molecule has 0 spiro atoms. The van der Waals surface area contributed by atoms with Crippen LogP contribution in [0.1, 0.15) is 0 Å². The maximum atomic E-state index is 10.6. The van der Waals surface area contributed by atoms with E-state index in [9.17, 15) is 15.0 Å². The fourth-order valence-electron chi connectivity index (χ4n) is 1.07. The number of hydrogen-bond acceptors (Lipinski definition) is 4. The van der Waals surface area contributed by atoms with Crippen molar-refractivity contribution in [3.63, 3.8) is 0 Å². The Hall–Kier alpha value is 0.506. The number of hydrogen-bond donors (Lipinski definition) is 1. The molecule has 66 valence electrons. The van der Waals surface area contributed by atoms with Gasteiger partial charge in [0.25, 0.3) is 0 Å². The minimum absolute atomic E-state index is 0. The maximum absolute atomic E-state index is 10.6. The second-order valence-electron chi connectivity index (χ2n) is 2.47.